The van der Waals surface area contributed by atoms with Crippen LogP contribution in [-0.2, 0) is 9.53 Å². The topological polar surface area (TPSA) is 26.3 Å². The maximum Gasteiger partial charge on any atom is 0.330 e. The lowest BCUT2D eigenvalue weighted by atomic mass is 10.1. The Morgan fingerprint density at radius 1 is 1.67 bits per heavy atom. The molecule has 15 heavy (non-hydrogen) atoms. The van der Waals surface area contributed by atoms with Gasteiger partial charge in [-0.05, 0) is 36.7 Å². The normalized spacial score (nSPS) is 33.4. The Kier molecular flexibility index (Phi) is 2.87. The van der Waals surface area contributed by atoms with Crippen molar-refractivity contribution < 1.29 is 9.53 Å². The Morgan fingerprint density at radius 2 is 2.40 bits per heavy atom. The van der Waals surface area contributed by atoms with Crippen molar-refractivity contribution in [1.29, 1.82) is 0 Å². The standard InChI is InChI=1S/C12H15ClO2/c1-3-15-11(14)5-4-8-10(13)6-9-7(2)12(8)9/h4-5,7,9,12H,3,6H2,1-2H3/t7-,9+,12+/m0/s1. The van der Waals surface area contributed by atoms with E-state index in [1.165, 1.54) is 6.08 Å². The number of fused-ring (bicyclic) bond motifs is 1. The molecule has 0 spiro atoms. The van der Waals surface area contributed by atoms with Gasteiger partial charge in [0.15, 0.2) is 0 Å². The summed E-state index contributed by atoms with van der Waals surface area (Å²) in [5.41, 5.74) is 1.14. The predicted octanol–water partition coefficient (Wildman–Crippen LogP) is 2.88. The van der Waals surface area contributed by atoms with Crippen LogP contribution in [0, 0.1) is 17.8 Å². The molecule has 0 bridgehead atoms. The molecule has 82 valence electrons. The molecule has 3 atom stereocenters. The summed E-state index contributed by atoms with van der Waals surface area (Å²) in [6.45, 7) is 4.45. The quantitative estimate of drug-likeness (QED) is 0.547. The molecule has 0 aromatic heterocycles. The van der Waals surface area contributed by atoms with Crippen LogP contribution in [0.1, 0.15) is 20.3 Å². The van der Waals surface area contributed by atoms with Gasteiger partial charge in [0.2, 0.25) is 0 Å². The number of allylic oxidation sites excluding steroid dienone is 3. The van der Waals surface area contributed by atoms with E-state index in [1.807, 2.05) is 6.08 Å². The first-order valence-electron chi connectivity index (χ1n) is 5.38. The molecule has 2 rings (SSSR count). The van der Waals surface area contributed by atoms with Crippen LogP contribution in [-0.4, -0.2) is 12.6 Å². The highest BCUT2D eigenvalue weighted by Gasteiger charge is 2.52. The first-order valence-corrected chi connectivity index (χ1v) is 5.76. The average molecular weight is 227 g/mol. The molecule has 0 aromatic carbocycles. The average Bonchev–Trinajstić information content (AvgIpc) is 2.68. The Labute approximate surface area is 94.9 Å². The lowest BCUT2D eigenvalue weighted by Crippen LogP contribution is -1.99. The van der Waals surface area contributed by atoms with E-state index < -0.39 is 0 Å². The molecule has 1 fully saturated rings. The minimum absolute atomic E-state index is 0.286. The van der Waals surface area contributed by atoms with Crippen LogP contribution < -0.4 is 0 Å². The molecule has 0 amide bonds. The van der Waals surface area contributed by atoms with Gasteiger partial charge in [0.25, 0.3) is 0 Å². The van der Waals surface area contributed by atoms with Gasteiger partial charge in [-0.15, -0.1) is 0 Å². The van der Waals surface area contributed by atoms with Crippen molar-refractivity contribution in [1.82, 2.24) is 0 Å². The van der Waals surface area contributed by atoms with E-state index in [2.05, 4.69) is 6.92 Å². The minimum Gasteiger partial charge on any atom is -0.463 e. The smallest absolute Gasteiger partial charge is 0.330 e. The molecular weight excluding hydrogens is 212 g/mol. The SMILES string of the molecule is CCOC(=O)C=CC1=C(Cl)C[C@@H]2[C@H](C)[C@H]12. The molecule has 1 saturated carbocycles. The molecule has 0 saturated heterocycles. The maximum absolute atomic E-state index is 11.1. The van der Waals surface area contributed by atoms with Crippen LogP contribution in [0.4, 0.5) is 0 Å². The van der Waals surface area contributed by atoms with Gasteiger partial charge in [-0.3, -0.25) is 0 Å². The van der Waals surface area contributed by atoms with Crippen molar-refractivity contribution in [3.05, 3.63) is 22.8 Å². The number of halogens is 1. The van der Waals surface area contributed by atoms with Crippen LogP contribution in [0.2, 0.25) is 0 Å². The fraction of sp³-hybridized carbons (Fsp3) is 0.583. The number of ether oxygens (including phenoxy) is 1. The van der Waals surface area contributed by atoms with E-state index in [9.17, 15) is 4.79 Å². The highest BCUT2D eigenvalue weighted by atomic mass is 35.5. The highest BCUT2D eigenvalue weighted by Crippen LogP contribution is 2.60. The van der Waals surface area contributed by atoms with Crippen molar-refractivity contribution in [2.75, 3.05) is 6.61 Å². The van der Waals surface area contributed by atoms with Gasteiger partial charge in [0.1, 0.15) is 0 Å². The molecule has 0 heterocycles. The van der Waals surface area contributed by atoms with Crippen molar-refractivity contribution in [3.8, 4) is 0 Å². The largest absolute Gasteiger partial charge is 0.463 e. The third kappa shape index (κ3) is 1.96. The Hall–Kier alpha value is -0.760. The third-order valence-corrected chi connectivity index (χ3v) is 3.71. The van der Waals surface area contributed by atoms with E-state index in [0.717, 1.165) is 28.9 Å². The zero-order valence-corrected chi connectivity index (χ0v) is 9.75. The molecule has 0 aliphatic heterocycles. The monoisotopic (exact) mass is 226 g/mol. The van der Waals surface area contributed by atoms with Gasteiger partial charge >= 0.3 is 5.97 Å². The Bertz CT molecular complexity index is 344. The molecule has 0 unspecified atom stereocenters. The summed E-state index contributed by atoms with van der Waals surface area (Å²) in [7, 11) is 0. The van der Waals surface area contributed by atoms with Gasteiger partial charge in [-0.25, -0.2) is 4.79 Å². The van der Waals surface area contributed by atoms with Crippen LogP contribution in [0.25, 0.3) is 0 Å². The van der Waals surface area contributed by atoms with Crippen molar-refractivity contribution in [3.63, 3.8) is 0 Å². The second kappa shape index (κ2) is 4.01. The molecule has 0 N–H and O–H groups in total. The van der Waals surface area contributed by atoms with Crippen molar-refractivity contribution in [2.45, 2.75) is 20.3 Å². The van der Waals surface area contributed by atoms with E-state index in [1.54, 1.807) is 6.92 Å². The zero-order valence-electron chi connectivity index (χ0n) is 9.00. The first kappa shape index (κ1) is 10.7. The molecule has 3 heteroatoms. The van der Waals surface area contributed by atoms with Crippen LogP contribution >= 0.6 is 11.6 Å². The summed E-state index contributed by atoms with van der Waals surface area (Å²) >= 11 is 6.11. The fourth-order valence-electron chi connectivity index (χ4n) is 2.43. The molecule has 2 aliphatic rings. The molecular formula is C12H15ClO2. The minimum atomic E-state index is -0.286. The van der Waals surface area contributed by atoms with Gasteiger partial charge in [0.05, 0.1) is 6.61 Å². The number of carbonyl (C=O) groups is 1. The van der Waals surface area contributed by atoms with Gasteiger partial charge in [-0.1, -0.05) is 24.6 Å². The number of carbonyl (C=O) groups excluding carboxylic acids is 1. The van der Waals surface area contributed by atoms with E-state index in [-0.39, 0.29) is 5.97 Å². The van der Waals surface area contributed by atoms with E-state index >= 15 is 0 Å². The Balaban J connectivity index is 2.00. The summed E-state index contributed by atoms with van der Waals surface area (Å²) < 4.78 is 4.82. The molecule has 0 radical (unpaired) electrons. The molecule has 2 aliphatic carbocycles. The lowest BCUT2D eigenvalue weighted by molar-refractivity contribution is -0.137. The zero-order chi connectivity index (χ0) is 11.0. The van der Waals surface area contributed by atoms with Crippen molar-refractivity contribution >= 4 is 17.6 Å². The number of esters is 1. The van der Waals surface area contributed by atoms with E-state index in [4.69, 9.17) is 16.3 Å². The predicted molar refractivity (Wildman–Crippen MR) is 59.4 cm³/mol. The van der Waals surface area contributed by atoms with Crippen molar-refractivity contribution in [2.24, 2.45) is 17.8 Å². The lowest BCUT2D eigenvalue weighted by Gasteiger charge is -2.01. The number of hydrogen-bond donors (Lipinski definition) is 0. The van der Waals surface area contributed by atoms with Crippen LogP contribution in [0.15, 0.2) is 22.8 Å². The Morgan fingerprint density at radius 3 is 3.00 bits per heavy atom. The maximum atomic E-state index is 11.1. The third-order valence-electron chi connectivity index (χ3n) is 3.34. The summed E-state index contributed by atoms with van der Waals surface area (Å²) in [6.07, 6.45) is 4.29. The van der Waals surface area contributed by atoms with Gasteiger partial charge < -0.3 is 4.74 Å². The second-order valence-electron chi connectivity index (χ2n) is 4.20. The number of hydrogen-bond acceptors (Lipinski definition) is 2. The second-order valence-corrected chi connectivity index (χ2v) is 4.65. The number of rotatable bonds is 3. The van der Waals surface area contributed by atoms with Gasteiger partial charge in [0, 0.05) is 11.1 Å². The fourth-order valence-corrected chi connectivity index (χ4v) is 2.79. The molecule has 2 nitrogen and oxygen atoms in total. The molecule has 0 aromatic rings. The van der Waals surface area contributed by atoms with Crippen LogP contribution in [0.3, 0.4) is 0 Å². The van der Waals surface area contributed by atoms with E-state index in [0.29, 0.717) is 12.5 Å². The first-order chi connectivity index (χ1) is 7.15. The van der Waals surface area contributed by atoms with Gasteiger partial charge in [-0.2, -0.15) is 0 Å². The highest BCUT2D eigenvalue weighted by molar-refractivity contribution is 6.30. The summed E-state index contributed by atoms with van der Waals surface area (Å²) in [6, 6.07) is 0. The summed E-state index contributed by atoms with van der Waals surface area (Å²) in [4.78, 5) is 11.1. The summed E-state index contributed by atoms with van der Waals surface area (Å²) in [5, 5.41) is 0.920. The summed E-state index contributed by atoms with van der Waals surface area (Å²) in [5.74, 6) is 1.75. The van der Waals surface area contributed by atoms with Crippen LogP contribution in [0.5, 0.6) is 0 Å².